The van der Waals surface area contributed by atoms with E-state index in [4.69, 9.17) is 26.8 Å². The van der Waals surface area contributed by atoms with Gasteiger partial charge in [-0.1, -0.05) is 49.5 Å². The summed E-state index contributed by atoms with van der Waals surface area (Å²) in [6.07, 6.45) is 0. The first-order valence-electron chi connectivity index (χ1n) is 6.36. The van der Waals surface area contributed by atoms with E-state index >= 15 is 0 Å². The predicted molar refractivity (Wildman–Crippen MR) is 90.3 cm³/mol. The maximum atomic E-state index is 6.38. The lowest BCUT2D eigenvalue weighted by molar-refractivity contribution is 0.171. The molecule has 1 unspecified atom stereocenters. The molecule has 0 spiro atoms. The smallest absolute Gasteiger partial charge is 0.162 e. The van der Waals surface area contributed by atoms with Gasteiger partial charge in [0.15, 0.2) is 11.5 Å². The van der Waals surface area contributed by atoms with Gasteiger partial charge in [-0.25, -0.2) is 0 Å². The van der Waals surface area contributed by atoms with Crippen molar-refractivity contribution in [2.75, 3.05) is 13.2 Å². The lowest BCUT2D eigenvalue weighted by Gasteiger charge is -2.22. The molecule has 1 heterocycles. The second-order valence-electron chi connectivity index (χ2n) is 4.66. The monoisotopic (exact) mass is 431 g/mol. The van der Waals surface area contributed by atoms with Crippen molar-refractivity contribution in [1.82, 2.24) is 0 Å². The maximum Gasteiger partial charge on any atom is 0.162 e. The lowest BCUT2D eigenvalue weighted by Crippen LogP contribution is -2.18. The van der Waals surface area contributed by atoms with E-state index in [1.807, 2.05) is 30.3 Å². The highest BCUT2D eigenvalue weighted by atomic mass is 79.9. The number of hydrogen-bond acceptors (Lipinski definition) is 3. The Balaban J connectivity index is 2.03. The van der Waals surface area contributed by atoms with Crippen LogP contribution in [-0.2, 0) is 0 Å². The SMILES string of the molecule is NC(c1ccc(Br)cc1Cl)c1cc2c(cc1Br)OCCO2. The number of rotatable bonds is 2. The van der Waals surface area contributed by atoms with Crippen molar-refractivity contribution in [2.45, 2.75) is 6.04 Å². The Kier molecular flexibility index (Phi) is 4.45. The van der Waals surface area contributed by atoms with Gasteiger partial charge in [0.05, 0.1) is 6.04 Å². The molecular weight excluding hydrogens is 421 g/mol. The van der Waals surface area contributed by atoms with Crippen molar-refractivity contribution >= 4 is 43.5 Å². The molecule has 0 bridgehead atoms. The van der Waals surface area contributed by atoms with E-state index in [0.717, 1.165) is 25.8 Å². The van der Waals surface area contributed by atoms with Gasteiger partial charge < -0.3 is 15.2 Å². The van der Waals surface area contributed by atoms with Crippen LogP contribution < -0.4 is 15.2 Å². The second-order valence-corrected chi connectivity index (χ2v) is 6.84. The Labute approximate surface area is 144 Å². The second kappa shape index (κ2) is 6.16. The zero-order valence-electron chi connectivity index (χ0n) is 10.9. The molecule has 1 aliphatic heterocycles. The first kappa shape index (κ1) is 15.2. The fourth-order valence-corrected chi connectivity index (χ4v) is 3.60. The fourth-order valence-electron chi connectivity index (χ4n) is 2.24. The van der Waals surface area contributed by atoms with Crippen LogP contribution in [0.4, 0.5) is 0 Å². The van der Waals surface area contributed by atoms with Crippen molar-refractivity contribution < 1.29 is 9.47 Å². The Hall–Kier alpha value is -0.750. The van der Waals surface area contributed by atoms with Crippen molar-refractivity contribution in [3.63, 3.8) is 0 Å². The van der Waals surface area contributed by atoms with Crippen LogP contribution in [0, 0.1) is 0 Å². The molecule has 2 aromatic rings. The van der Waals surface area contributed by atoms with Gasteiger partial charge in [0.25, 0.3) is 0 Å². The van der Waals surface area contributed by atoms with Gasteiger partial charge in [0.2, 0.25) is 0 Å². The zero-order valence-corrected chi connectivity index (χ0v) is 14.8. The van der Waals surface area contributed by atoms with Gasteiger partial charge in [-0.15, -0.1) is 0 Å². The molecule has 2 N–H and O–H groups in total. The third-order valence-corrected chi connectivity index (χ3v) is 4.80. The molecule has 0 aromatic heterocycles. The van der Waals surface area contributed by atoms with Crippen molar-refractivity contribution in [3.8, 4) is 11.5 Å². The first-order valence-corrected chi connectivity index (χ1v) is 8.32. The summed E-state index contributed by atoms with van der Waals surface area (Å²) >= 11 is 13.2. The van der Waals surface area contributed by atoms with Crippen LogP contribution in [0.2, 0.25) is 5.02 Å². The van der Waals surface area contributed by atoms with Crippen LogP contribution in [0.25, 0.3) is 0 Å². The van der Waals surface area contributed by atoms with Crippen LogP contribution in [0.5, 0.6) is 11.5 Å². The molecular formula is C15H12Br2ClNO2. The largest absolute Gasteiger partial charge is 0.486 e. The highest BCUT2D eigenvalue weighted by molar-refractivity contribution is 9.10. The zero-order chi connectivity index (χ0) is 15.0. The van der Waals surface area contributed by atoms with Gasteiger partial charge in [-0.3, -0.25) is 0 Å². The highest BCUT2D eigenvalue weighted by Crippen LogP contribution is 2.40. The normalized spacial score (nSPS) is 14.9. The van der Waals surface area contributed by atoms with E-state index in [1.54, 1.807) is 0 Å². The Morgan fingerprint density at radius 2 is 1.67 bits per heavy atom. The molecule has 3 nitrogen and oxygen atoms in total. The van der Waals surface area contributed by atoms with E-state index < -0.39 is 0 Å². The molecule has 0 radical (unpaired) electrons. The summed E-state index contributed by atoms with van der Waals surface area (Å²) in [6, 6.07) is 9.12. The maximum absolute atomic E-state index is 6.38. The van der Waals surface area contributed by atoms with E-state index in [9.17, 15) is 0 Å². The van der Waals surface area contributed by atoms with Gasteiger partial charge in [0.1, 0.15) is 13.2 Å². The lowest BCUT2D eigenvalue weighted by atomic mass is 9.99. The summed E-state index contributed by atoms with van der Waals surface area (Å²) in [4.78, 5) is 0. The van der Waals surface area contributed by atoms with Gasteiger partial charge >= 0.3 is 0 Å². The summed E-state index contributed by atoms with van der Waals surface area (Å²) in [7, 11) is 0. The minimum absolute atomic E-state index is 0.351. The third-order valence-electron chi connectivity index (χ3n) is 3.29. The average Bonchev–Trinajstić information content (AvgIpc) is 2.46. The Morgan fingerprint density at radius 3 is 2.33 bits per heavy atom. The molecule has 3 rings (SSSR count). The quantitative estimate of drug-likeness (QED) is 0.748. The molecule has 0 amide bonds. The number of halogens is 3. The predicted octanol–water partition coefficient (Wildman–Crippen LogP) is 4.68. The van der Waals surface area contributed by atoms with Crippen molar-refractivity contribution in [2.24, 2.45) is 5.73 Å². The number of fused-ring (bicyclic) bond motifs is 1. The summed E-state index contributed by atoms with van der Waals surface area (Å²) in [5.41, 5.74) is 8.14. The summed E-state index contributed by atoms with van der Waals surface area (Å²) < 4.78 is 13.0. The molecule has 1 atom stereocenters. The molecule has 110 valence electrons. The fraction of sp³-hybridized carbons (Fsp3) is 0.200. The molecule has 21 heavy (non-hydrogen) atoms. The van der Waals surface area contributed by atoms with Gasteiger partial charge in [-0.2, -0.15) is 0 Å². The van der Waals surface area contributed by atoms with E-state index in [0.29, 0.717) is 24.0 Å². The first-order chi connectivity index (χ1) is 10.1. The summed E-state index contributed by atoms with van der Waals surface area (Å²) in [6.45, 7) is 1.10. The van der Waals surface area contributed by atoms with Crippen LogP contribution in [-0.4, -0.2) is 13.2 Å². The molecule has 0 fully saturated rings. The topological polar surface area (TPSA) is 44.5 Å². The molecule has 6 heteroatoms. The van der Waals surface area contributed by atoms with Crippen molar-refractivity contribution in [1.29, 1.82) is 0 Å². The molecule has 0 saturated carbocycles. The Bertz CT molecular complexity index is 694. The molecule has 0 saturated heterocycles. The van der Waals surface area contributed by atoms with Crippen LogP contribution in [0.1, 0.15) is 17.2 Å². The minimum atomic E-state index is -0.351. The van der Waals surface area contributed by atoms with Gasteiger partial charge in [-0.05, 0) is 35.4 Å². The molecule has 0 aliphatic carbocycles. The van der Waals surface area contributed by atoms with Crippen LogP contribution in [0.15, 0.2) is 39.3 Å². The average molecular weight is 434 g/mol. The van der Waals surface area contributed by atoms with E-state index in [1.165, 1.54) is 0 Å². The third kappa shape index (κ3) is 3.06. The minimum Gasteiger partial charge on any atom is -0.486 e. The molecule has 1 aliphatic rings. The molecule has 2 aromatic carbocycles. The summed E-state index contributed by atoms with van der Waals surface area (Å²) in [5.74, 6) is 1.44. The van der Waals surface area contributed by atoms with Crippen LogP contribution in [0.3, 0.4) is 0 Å². The highest BCUT2D eigenvalue weighted by Gasteiger charge is 2.20. The van der Waals surface area contributed by atoms with Gasteiger partial charge in [0, 0.05) is 14.0 Å². The Morgan fingerprint density at radius 1 is 1.00 bits per heavy atom. The van der Waals surface area contributed by atoms with E-state index in [-0.39, 0.29) is 6.04 Å². The number of ether oxygens (including phenoxy) is 2. The number of nitrogens with two attached hydrogens (primary N) is 1. The van der Waals surface area contributed by atoms with Crippen molar-refractivity contribution in [3.05, 3.63) is 55.4 Å². The van der Waals surface area contributed by atoms with Crippen LogP contribution >= 0.6 is 43.5 Å². The van der Waals surface area contributed by atoms with E-state index in [2.05, 4.69) is 31.9 Å². The standard InChI is InChI=1S/C15H12Br2ClNO2/c16-8-1-2-9(12(18)5-8)15(19)10-6-13-14(7-11(10)17)21-4-3-20-13/h1-2,5-7,15H,3-4,19H2. The summed E-state index contributed by atoms with van der Waals surface area (Å²) in [5, 5.41) is 0.624. The number of benzene rings is 2. The number of hydrogen-bond donors (Lipinski definition) is 1.